The minimum atomic E-state index is -0.388. The smallest absolute Gasteiger partial charge is 0.308 e. The van der Waals surface area contributed by atoms with Gasteiger partial charge in [-0.05, 0) is 12.1 Å². The van der Waals surface area contributed by atoms with E-state index in [1.54, 1.807) is 37.4 Å². The Balaban J connectivity index is 2.90. The fourth-order valence-corrected chi connectivity index (χ4v) is 1.11. The number of hydrogen-bond acceptors (Lipinski definition) is 3. The second-order valence-electron chi connectivity index (χ2n) is 3.08. The summed E-state index contributed by atoms with van der Waals surface area (Å²) in [5.74, 6) is -0.159. The zero-order valence-corrected chi connectivity index (χ0v) is 9.19. The number of para-hydroxylation sites is 1. The van der Waals surface area contributed by atoms with Crippen molar-refractivity contribution in [1.29, 1.82) is 0 Å². The summed E-state index contributed by atoms with van der Waals surface area (Å²) in [5, 5.41) is 2.46. The standard InChI is InChI=1S/C12H13NO3/c1-9(14)16-11-6-4-3-5-10(11)7-8-12(15)13-2/h3-8H,1-2H3,(H,13,15)/b8-7+. The summed E-state index contributed by atoms with van der Waals surface area (Å²) in [4.78, 5) is 21.8. The summed E-state index contributed by atoms with van der Waals surface area (Å²) in [6.45, 7) is 1.33. The lowest BCUT2D eigenvalue weighted by molar-refractivity contribution is -0.131. The van der Waals surface area contributed by atoms with Gasteiger partial charge in [0.25, 0.3) is 0 Å². The topological polar surface area (TPSA) is 55.4 Å². The molecule has 1 N–H and O–H groups in total. The number of carbonyl (C=O) groups is 2. The fraction of sp³-hybridized carbons (Fsp3) is 0.167. The molecule has 0 saturated carbocycles. The molecule has 1 rings (SSSR count). The van der Waals surface area contributed by atoms with E-state index in [1.807, 2.05) is 0 Å². The van der Waals surface area contributed by atoms with Crippen molar-refractivity contribution in [2.24, 2.45) is 0 Å². The average Bonchev–Trinajstić information content (AvgIpc) is 2.26. The summed E-state index contributed by atoms with van der Waals surface area (Å²) in [6.07, 6.45) is 2.97. The molecule has 0 radical (unpaired) electrons. The van der Waals surface area contributed by atoms with Gasteiger partial charge in [0.2, 0.25) is 5.91 Å². The van der Waals surface area contributed by atoms with Crippen LogP contribution in [-0.2, 0) is 9.59 Å². The Labute approximate surface area is 93.9 Å². The number of ether oxygens (including phenoxy) is 1. The Morgan fingerprint density at radius 1 is 1.31 bits per heavy atom. The quantitative estimate of drug-likeness (QED) is 0.474. The van der Waals surface area contributed by atoms with Gasteiger partial charge in [-0.2, -0.15) is 0 Å². The average molecular weight is 219 g/mol. The third-order valence-corrected chi connectivity index (χ3v) is 1.83. The number of rotatable bonds is 3. The predicted octanol–water partition coefficient (Wildman–Crippen LogP) is 1.37. The number of carbonyl (C=O) groups excluding carboxylic acids is 2. The van der Waals surface area contributed by atoms with E-state index >= 15 is 0 Å². The molecule has 0 bridgehead atoms. The Morgan fingerprint density at radius 2 is 2.00 bits per heavy atom. The van der Waals surface area contributed by atoms with Crippen molar-refractivity contribution in [1.82, 2.24) is 5.32 Å². The van der Waals surface area contributed by atoms with E-state index in [2.05, 4.69) is 5.32 Å². The summed E-state index contributed by atoms with van der Waals surface area (Å²) in [6, 6.07) is 6.99. The Hall–Kier alpha value is -2.10. The molecule has 0 aliphatic heterocycles. The molecule has 4 heteroatoms. The summed E-state index contributed by atoms with van der Waals surface area (Å²) >= 11 is 0. The highest BCUT2D eigenvalue weighted by Crippen LogP contribution is 2.19. The summed E-state index contributed by atoms with van der Waals surface area (Å²) < 4.78 is 4.99. The van der Waals surface area contributed by atoms with Gasteiger partial charge in [-0.1, -0.05) is 18.2 Å². The molecular weight excluding hydrogens is 206 g/mol. The maximum Gasteiger partial charge on any atom is 0.308 e. The van der Waals surface area contributed by atoms with Crippen LogP contribution < -0.4 is 10.1 Å². The van der Waals surface area contributed by atoms with Gasteiger partial charge in [0.15, 0.2) is 0 Å². The van der Waals surface area contributed by atoms with Crippen molar-refractivity contribution in [2.45, 2.75) is 6.92 Å². The molecule has 84 valence electrons. The first-order chi connectivity index (χ1) is 7.63. The Morgan fingerprint density at radius 3 is 2.62 bits per heavy atom. The molecule has 0 aromatic heterocycles. The van der Waals surface area contributed by atoms with Gasteiger partial charge in [0, 0.05) is 25.6 Å². The van der Waals surface area contributed by atoms with Crippen LogP contribution in [0.25, 0.3) is 6.08 Å². The molecular formula is C12H13NO3. The van der Waals surface area contributed by atoms with E-state index in [0.29, 0.717) is 11.3 Å². The third kappa shape index (κ3) is 3.57. The van der Waals surface area contributed by atoms with Crippen LogP contribution in [-0.4, -0.2) is 18.9 Å². The minimum Gasteiger partial charge on any atom is -0.426 e. The van der Waals surface area contributed by atoms with Crippen molar-refractivity contribution in [3.63, 3.8) is 0 Å². The lowest BCUT2D eigenvalue weighted by atomic mass is 10.2. The highest BCUT2D eigenvalue weighted by molar-refractivity contribution is 5.92. The number of amides is 1. The van der Waals surface area contributed by atoms with Crippen molar-refractivity contribution in [2.75, 3.05) is 7.05 Å². The molecule has 0 heterocycles. The van der Waals surface area contributed by atoms with Gasteiger partial charge in [-0.3, -0.25) is 9.59 Å². The van der Waals surface area contributed by atoms with Gasteiger partial charge in [0.05, 0.1) is 0 Å². The molecule has 16 heavy (non-hydrogen) atoms. The molecule has 0 fully saturated rings. The van der Waals surface area contributed by atoms with Crippen LogP contribution in [0.3, 0.4) is 0 Å². The first-order valence-electron chi connectivity index (χ1n) is 4.80. The highest BCUT2D eigenvalue weighted by atomic mass is 16.5. The monoisotopic (exact) mass is 219 g/mol. The first kappa shape index (κ1) is 12.0. The maximum absolute atomic E-state index is 11.0. The van der Waals surface area contributed by atoms with Crippen molar-refractivity contribution in [3.8, 4) is 5.75 Å². The van der Waals surface area contributed by atoms with E-state index in [0.717, 1.165) is 0 Å². The highest BCUT2D eigenvalue weighted by Gasteiger charge is 2.02. The zero-order valence-electron chi connectivity index (χ0n) is 9.19. The van der Waals surface area contributed by atoms with Gasteiger partial charge < -0.3 is 10.1 Å². The summed E-state index contributed by atoms with van der Waals surface area (Å²) in [7, 11) is 1.55. The molecule has 1 amide bonds. The summed E-state index contributed by atoms with van der Waals surface area (Å²) in [5.41, 5.74) is 0.682. The molecule has 0 aliphatic carbocycles. The molecule has 0 saturated heterocycles. The number of likely N-dealkylation sites (N-methyl/N-ethyl adjacent to an activating group) is 1. The molecule has 1 aromatic carbocycles. The lowest BCUT2D eigenvalue weighted by Crippen LogP contribution is -2.13. The second-order valence-corrected chi connectivity index (χ2v) is 3.08. The van der Waals surface area contributed by atoms with E-state index in [1.165, 1.54) is 13.0 Å². The van der Waals surface area contributed by atoms with E-state index in [9.17, 15) is 9.59 Å². The second kappa shape index (κ2) is 5.70. The predicted molar refractivity (Wildman–Crippen MR) is 60.9 cm³/mol. The van der Waals surface area contributed by atoms with Crippen LogP contribution >= 0.6 is 0 Å². The zero-order chi connectivity index (χ0) is 12.0. The number of esters is 1. The molecule has 1 aromatic rings. The van der Waals surface area contributed by atoms with Gasteiger partial charge >= 0.3 is 5.97 Å². The van der Waals surface area contributed by atoms with Gasteiger partial charge in [-0.25, -0.2) is 0 Å². The fourth-order valence-electron chi connectivity index (χ4n) is 1.11. The maximum atomic E-state index is 11.0. The largest absolute Gasteiger partial charge is 0.426 e. The first-order valence-corrected chi connectivity index (χ1v) is 4.80. The van der Waals surface area contributed by atoms with Crippen LogP contribution in [0.2, 0.25) is 0 Å². The molecule has 4 nitrogen and oxygen atoms in total. The van der Waals surface area contributed by atoms with Crippen molar-refractivity contribution in [3.05, 3.63) is 35.9 Å². The number of nitrogens with one attached hydrogen (secondary N) is 1. The van der Waals surface area contributed by atoms with Crippen LogP contribution in [0.15, 0.2) is 30.3 Å². The van der Waals surface area contributed by atoms with Crippen LogP contribution in [0.1, 0.15) is 12.5 Å². The normalized spacial score (nSPS) is 10.1. The SMILES string of the molecule is CNC(=O)/C=C/c1ccccc1OC(C)=O. The molecule has 0 unspecified atom stereocenters. The minimum absolute atomic E-state index is 0.211. The van der Waals surface area contributed by atoms with Crippen LogP contribution in [0.5, 0.6) is 5.75 Å². The van der Waals surface area contributed by atoms with Crippen LogP contribution in [0, 0.1) is 0 Å². The Bertz CT molecular complexity index is 424. The number of benzene rings is 1. The van der Waals surface area contributed by atoms with E-state index in [4.69, 9.17) is 4.74 Å². The van der Waals surface area contributed by atoms with E-state index in [-0.39, 0.29) is 11.9 Å². The number of hydrogen-bond donors (Lipinski definition) is 1. The van der Waals surface area contributed by atoms with Crippen molar-refractivity contribution < 1.29 is 14.3 Å². The lowest BCUT2D eigenvalue weighted by Gasteiger charge is -2.04. The molecule has 0 aliphatic rings. The van der Waals surface area contributed by atoms with Gasteiger partial charge in [0.1, 0.15) is 5.75 Å². The Kier molecular flexibility index (Phi) is 4.27. The van der Waals surface area contributed by atoms with E-state index < -0.39 is 0 Å². The third-order valence-electron chi connectivity index (χ3n) is 1.83. The van der Waals surface area contributed by atoms with Crippen molar-refractivity contribution >= 4 is 18.0 Å². The molecule has 0 atom stereocenters. The van der Waals surface area contributed by atoms with Crippen LogP contribution in [0.4, 0.5) is 0 Å². The molecule has 0 spiro atoms. The van der Waals surface area contributed by atoms with Gasteiger partial charge in [-0.15, -0.1) is 0 Å².